The second kappa shape index (κ2) is 13.8. The van der Waals surface area contributed by atoms with Crippen LogP contribution in [0.5, 0.6) is 5.75 Å². The van der Waals surface area contributed by atoms with Gasteiger partial charge in [-0.1, -0.05) is 65.7 Å². The summed E-state index contributed by atoms with van der Waals surface area (Å²) < 4.78 is 5.84. The van der Waals surface area contributed by atoms with E-state index in [2.05, 4.69) is 34.1 Å². The molecule has 0 saturated carbocycles. The maximum Gasteiger partial charge on any atom is 0.254 e. The number of ketones is 1. The molecule has 2 heterocycles. The molecular formula is C34H40Cl2N4O3. The van der Waals surface area contributed by atoms with Crippen molar-refractivity contribution in [1.82, 2.24) is 14.7 Å². The van der Waals surface area contributed by atoms with Crippen LogP contribution in [0.1, 0.15) is 48.2 Å². The first-order valence-electron chi connectivity index (χ1n) is 15.0. The SMILES string of the molecule is CC(C)Oc1cccc(C(=O)N2CCN(C3CCN(Cc4ccccc4)CC3)C(C(=O)CN)(c3ccc(Cl)c(Cl)c3)C2)c1. The first-order valence-corrected chi connectivity index (χ1v) is 15.7. The molecule has 0 aliphatic carbocycles. The zero-order valence-electron chi connectivity index (χ0n) is 24.8. The van der Waals surface area contributed by atoms with E-state index in [4.69, 9.17) is 33.7 Å². The second-order valence-corrected chi connectivity index (χ2v) is 12.5. The molecule has 7 nitrogen and oxygen atoms in total. The molecule has 0 aromatic heterocycles. The van der Waals surface area contributed by atoms with E-state index in [0.717, 1.165) is 32.5 Å². The van der Waals surface area contributed by atoms with Crippen molar-refractivity contribution in [3.8, 4) is 5.75 Å². The van der Waals surface area contributed by atoms with Gasteiger partial charge in [-0.05, 0) is 81.2 Å². The molecule has 9 heteroatoms. The van der Waals surface area contributed by atoms with E-state index < -0.39 is 5.54 Å². The number of benzene rings is 3. The quantitative estimate of drug-likeness (QED) is 0.333. The van der Waals surface area contributed by atoms with E-state index in [1.807, 2.05) is 38.1 Å². The third-order valence-corrected chi connectivity index (χ3v) is 9.29. The van der Waals surface area contributed by atoms with Crippen LogP contribution < -0.4 is 10.5 Å². The Hall–Kier alpha value is -2.94. The van der Waals surface area contributed by atoms with Crippen molar-refractivity contribution in [3.63, 3.8) is 0 Å². The molecule has 0 bridgehead atoms. The number of nitrogens with zero attached hydrogens (tertiary/aromatic N) is 3. The van der Waals surface area contributed by atoms with Crippen LogP contribution in [0.3, 0.4) is 0 Å². The molecule has 0 radical (unpaired) electrons. The van der Waals surface area contributed by atoms with Crippen LogP contribution in [-0.2, 0) is 16.9 Å². The van der Waals surface area contributed by atoms with Crippen LogP contribution in [0, 0.1) is 0 Å². The largest absolute Gasteiger partial charge is 0.491 e. The van der Waals surface area contributed by atoms with Gasteiger partial charge in [0, 0.05) is 31.2 Å². The summed E-state index contributed by atoms with van der Waals surface area (Å²) in [5.74, 6) is 0.336. The molecule has 43 heavy (non-hydrogen) atoms. The Bertz CT molecular complexity index is 1430. The van der Waals surface area contributed by atoms with E-state index >= 15 is 0 Å². The van der Waals surface area contributed by atoms with Gasteiger partial charge < -0.3 is 15.4 Å². The van der Waals surface area contributed by atoms with Gasteiger partial charge in [0.25, 0.3) is 5.91 Å². The van der Waals surface area contributed by atoms with Gasteiger partial charge >= 0.3 is 0 Å². The van der Waals surface area contributed by atoms with Crippen LogP contribution >= 0.6 is 23.2 Å². The van der Waals surface area contributed by atoms with Gasteiger partial charge in [-0.15, -0.1) is 0 Å². The molecule has 1 unspecified atom stereocenters. The first-order chi connectivity index (χ1) is 20.7. The second-order valence-electron chi connectivity index (χ2n) is 11.7. The molecule has 2 N–H and O–H groups in total. The topological polar surface area (TPSA) is 79.1 Å². The average Bonchev–Trinajstić information content (AvgIpc) is 3.02. The molecule has 5 rings (SSSR count). The van der Waals surface area contributed by atoms with Crippen LogP contribution in [0.4, 0.5) is 0 Å². The van der Waals surface area contributed by atoms with Gasteiger partial charge in [0.05, 0.1) is 29.2 Å². The van der Waals surface area contributed by atoms with E-state index in [0.29, 0.717) is 40.0 Å². The maximum absolute atomic E-state index is 14.1. The molecule has 2 fully saturated rings. The van der Waals surface area contributed by atoms with E-state index in [-0.39, 0.29) is 36.9 Å². The summed E-state index contributed by atoms with van der Waals surface area (Å²) in [4.78, 5) is 34.6. The van der Waals surface area contributed by atoms with Crippen molar-refractivity contribution >= 4 is 34.9 Å². The Labute approximate surface area is 264 Å². The zero-order chi connectivity index (χ0) is 30.6. The molecule has 1 amide bonds. The van der Waals surface area contributed by atoms with Crippen molar-refractivity contribution in [3.05, 3.63) is 99.5 Å². The smallest absolute Gasteiger partial charge is 0.254 e. The molecular weight excluding hydrogens is 583 g/mol. The Morgan fingerprint density at radius 3 is 2.35 bits per heavy atom. The first kappa shape index (κ1) is 31.5. The van der Waals surface area contributed by atoms with Gasteiger partial charge in [-0.3, -0.25) is 19.4 Å². The number of hydrogen-bond acceptors (Lipinski definition) is 6. The minimum absolute atomic E-state index is 0.0162. The summed E-state index contributed by atoms with van der Waals surface area (Å²) in [6.45, 7) is 7.64. The van der Waals surface area contributed by atoms with E-state index in [1.165, 1.54) is 5.56 Å². The number of ether oxygens (including phenoxy) is 1. The lowest BCUT2D eigenvalue weighted by molar-refractivity contribution is -0.139. The predicted octanol–water partition coefficient (Wildman–Crippen LogP) is 5.63. The summed E-state index contributed by atoms with van der Waals surface area (Å²) in [5.41, 5.74) is 7.49. The molecule has 0 spiro atoms. The Morgan fingerprint density at radius 1 is 0.930 bits per heavy atom. The highest BCUT2D eigenvalue weighted by molar-refractivity contribution is 6.42. The fourth-order valence-electron chi connectivity index (χ4n) is 6.51. The number of halogens is 2. The number of likely N-dealkylation sites (tertiary alicyclic amines) is 1. The molecule has 2 aliphatic heterocycles. The van der Waals surface area contributed by atoms with E-state index in [1.54, 1.807) is 29.2 Å². The number of piperazine rings is 1. The number of rotatable bonds is 9. The molecule has 3 aromatic rings. The summed E-state index contributed by atoms with van der Waals surface area (Å²) in [5, 5.41) is 0.773. The summed E-state index contributed by atoms with van der Waals surface area (Å²) in [6.07, 6.45) is 1.78. The summed E-state index contributed by atoms with van der Waals surface area (Å²) in [7, 11) is 0. The Balaban J connectivity index is 1.45. The average molecular weight is 624 g/mol. The van der Waals surface area contributed by atoms with Crippen LogP contribution in [-0.4, -0.2) is 77.8 Å². The van der Waals surface area contributed by atoms with Crippen molar-refractivity contribution in [2.24, 2.45) is 5.73 Å². The molecule has 3 aromatic carbocycles. The number of hydrogen-bond donors (Lipinski definition) is 1. The highest BCUT2D eigenvalue weighted by Gasteiger charge is 2.52. The summed E-state index contributed by atoms with van der Waals surface area (Å²) in [6, 6.07) is 23.2. The van der Waals surface area contributed by atoms with Crippen LogP contribution in [0.25, 0.3) is 0 Å². The molecule has 2 aliphatic rings. The number of nitrogens with two attached hydrogens (primary N) is 1. The number of carbonyl (C=O) groups is 2. The Morgan fingerprint density at radius 2 is 1.67 bits per heavy atom. The molecule has 1 atom stereocenters. The fourth-order valence-corrected chi connectivity index (χ4v) is 6.81. The lowest BCUT2D eigenvalue weighted by Crippen LogP contribution is -2.68. The number of Topliss-reactive ketones (excluding diaryl/α,β-unsaturated/α-hetero) is 1. The maximum atomic E-state index is 14.1. The lowest BCUT2D eigenvalue weighted by atomic mass is 9.79. The van der Waals surface area contributed by atoms with Crippen molar-refractivity contribution in [2.75, 3.05) is 39.3 Å². The minimum atomic E-state index is -1.16. The van der Waals surface area contributed by atoms with E-state index in [9.17, 15) is 9.59 Å². The van der Waals surface area contributed by atoms with Crippen molar-refractivity contribution in [1.29, 1.82) is 0 Å². The number of amides is 1. The normalized spacial score (nSPS) is 20.4. The number of carbonyl (C=O) groups excluding carboxylic acids is 2. The zero-order valence-corrected chi connectivity index (χ0v) is 26.4. The van der Waals surface area contributed by atoms with Crippen LogP contribution in [0.15, 0.2) is 72.8 Å². The summed E-state index contributed by atoms with van der Waals surface area (Å²) >= 11 is 12.9. The van der Waals surface area contributed by atoms with Crippen molar-refractivity contribution < 1.29 is 14.3 Å². The third kappa shape index (κ3) is 6.92. The standard InChI is InChI=1S/C34H40Cl2N4O3/c1-24(2)43-29-10-6-9-26(19-29)33(42)39-17-18-40(28-13-15-38(16-14-28)22-25-7-4-3-5-8-25)34(23-39,32(41)21-37)27-11-12-30(35)31(36)20-27/h3-12,19-20,24,28H,13-18,21-23,37H2,1-2H3. The van der Waals surface area contributed by atoms with Gasteiger partial charge in [0.1, 0.15) is 11.3 Å². The third-order valence-electron chi connectivity index (χ3n) is 8.55. The van der Waals surface area contributed by atoms with Gasteiger partial charge in [-0.25, -0.2) is 0 Å². The lowest BCUT2D eigenvalue weighted by Gasteiger charge is -2.54. The van der Waals surface area contributed by atoms with Crippen LogP contribution in [0.2, 0.25) is 10.0 Å². The van der Waals surface area contributed by atoms with Gasteiger partial charge in [-0.2, -0.15) is 0 Å². The number of piperidine rings is 1. The fraction of sp³-hybridized carbons (Fsp3) is 0.412. The van der Waals surface area contributed by atoms with Gasteiger partial charge in [0.15, 0.2) is 5.78 Å². The Kier molecular flexibility index (Phi) is 10.1. The molecule has 2 saturated heterocycles. The van der Waals surface area contributed by atoms with Gasteiger partial charge in [0.2, 0.25) is 0 Å². The van der Waals surface area contributed by atoms with Crippen molar-refractivity contribution in [2.45, 2.75) is 50.9 Å². The molecule has 228 valence electrons. The highest BCUT2D eigenvalue weighted by atomic mass is 35.5. The minimum Gasteiger partial charge on any atom is -0.491 e. The predicted molar refractivity (Wildman–Crippen MR) is 172 cm³/mol. The highest BCUT2D eigenvalue weighted by Crippen LogP contribution is 2.40. The monoisotopic (exact) mass is 622 g/mol.